The summed E-state index contributed by atoms with van der Waals surface area (Å²) in [7, 11) is 0. The van der Waals surface area contributed by atoms with Gasteiger partial charge in [-0.1, -0.05) is 18.2 Å². The number of para-hydroxylation sites is 1. The van der Waals surface area contributed by atoms with Crippen LogP contribution in [0.2, 0.25) is 0 Å². The van der Waals surface area contributed by atoms with Crippen molar-refractivity contribution in [3.05, 3.63) is 42.0 Å². The molecule has 1 aromatic carbocycles. The fraction of sp³-hybridized carbons (Fsp3) is 0.526. The zero-order chi connectivity index (χ0) is 18.4. The molecule has 2 atom stereocenters. The van der Waals surface area contributed by atoms with Gasteiger partial charge in [0, 0.05) is 13.1 Å². The number of benzene rings is 1. The van der Waals surface area contributed by atoms with E-state index in [-0.39, 0.29) is 36.1 Å². The number of aryl methyl sites for hydroxylation is 2. The van der Waals surface area contributed by atoms with Crippen LogP contribution < -0.4 is 15.4 Å². The SMILES string of the molecule is CCNC(=NCC(C)Oc1ccccc1)NC1CCCn2nc(C)nc21.I. The van der Waals surface area contributed by atoms with E-state index in [1.165, 1.54) is 0 Å². The summed E-state index contributed by atoms with van der Waals surface area (Å²) in [5, 5.41) is 11.3. The van der Waals surface area contributed by atoms with Crippen LogP contribution in [0, 0.1) is 6.92 Å². The molecular formula is C19H29IN6O. The number of guanidine groups is 1. The summed E-state index contributed by atoms with van der Waals surface area (Å²) < 4.78 is 7.90. The lowest BCUT2D eigenvalue weighted by atomic mass is 10.1. The average molecular weight is 484 g/mol. The van der Waals surface area contributed by atoms with Gasteiger partial charge >= 0.3 is 0 Å². The highest BCUT2D eigenvalue weighted by molar-refractivity contribution is 14.0. The molecular weight excluding hydrogens is 455 g/mol. The maximum absolute atomic E-state index is 5.90. The van der Waals surface area contributed by atoms with Crippen LogP contribution >= 0.6 is 24.0 Å². The lowest BCUT2D eigenvalue weighted by Crippen LogP contribution is -2.42. The highest BCUT2D eigenvalue weighted by Crippen LogP contribution is 2.22. The third-order valence-corrected chi connectivity index (χ3v) is 4.22. The van der Waals surface area contributed by atoms with Gasteiger partial charge in [-0.15, -0.1) is 24.0 Å². The third-order valence-electron chi connectivity index (χ3n) is 4.22. The highest BCUT2D eigenvalue weighted by Gasteiger charge is 2.24. The molecule has 1 aliphatic heterocycles. The van der Waals surface area contributed by atoms with Crippen molar-refractivity contribution in [1.82, 2.24) is 25.4 Å². The number of hydrogen-bond donors (Lipinski definition) is 2. The maximum atomic E-state index is 5.90. The van der Waals surface area contributed by atoms with Gasteiger partial charge in [0.25, 0.3) is 0 Å². The predicted octanol–water partition coefficient (Wildman–Crippen LogP) is 3.06. The van der Waals surface area contributed by atoms with Gasteiger partial charge < -0.3 is 15.4 Å². The Balaban J connectivity index is 0.00000261. The van der Waals surface area contributed by atoms with Crippen LogP contribution in [0.4, 0.5) is 0 Å². The first kappa shape index (κ1) is 21.5. The predicted molar refractivity (Wildman–Crippen MR) is 118 cm³/mol. The number of halogens is 1. The molecule has 0 spiro atoms. The Morgan fingerprint density at radius 1 is 1.37 bits per heavy atom. The smallest absolute Gasteiger partial charge is 0.191 e. The van der Waals surface area contributed by atoms with Crippen molar-refractivity contribution < 1.29 is 4.74 Å². The van der Waals surface area contributed by atoms with Crippen LogP contribution in [-0.2, 0) is 6.54 Å². The fourth-order valence-corrected chi connectivity index (χ4v) is 3.08. The Morgan fingerprint density at radius 2 is 2.15 bits per heavy atom. The third kappa shape index (κ3) is 6.08. The lowest BCUT2D eigenvalue weighted by molar-refractivity contribution is 0.230. The zero-order valence-electron chi connectivity index (χ0n) is 16.2. The summed E-state index contributed by atoms with van der Waals surface area (Å²) in [5.74, 6) is 3.47. The second-order valence-electron chi connectivity index (χ2n) is 6.54. The van der Waals surface area contributed by atoms with Crippen LogP contribution in [0.5, 0.6) is 5.75 Å². The van der Waals surface area contributed by atoms with Gasteiger partial charge in [0.05, 0.1) is 12.6 Å². The molecule has 7 nitrogen and oxygen atoms in total. The molecule has 2 heterocycles. The molecule has 2 N–H and O–H groups in total. The molecule has 0 aliphatic carbocycles. The quantitative estimate of drug-likeness (QED) is 0.375. The van der Waals surface area contributed by atoms with E-state index in [0.29, 0.717) is 6.54 Å². The molecule has 0 saturated heterocycles. The number of nitrogens with zero attached hydrogens (tertiary/aromatic N) is 4. The minimum absolute atomic E-state index is 0. The Morgan fingerprint density at radius 3 is 2.89 bits per heavy atom. The molecule has 148 valence electrons. The minimum atomic E-state index is -0.00916. The number of nitrogens with one attached hydrogen (secondary N) is 2. The molecule has 8 heteroatoms. The van der Waals surface area contributed by atoms with Crippen molar-refractivity contribution in [2.24, 2.45) is 4.99 Å². The summed E-state index contributed by atoms with van der Waals surface area (Å²) in [6.07, 6.45) is 2.10. The first-order valence-corrected chi connectivity index (χ1v) is 9.33. The van der Waals surface area contributed by atoms with Gasteiger partial charge in [-0.2, -0.15) is 5.10 Å². The van der Waals surface area contributed by atoms with Gasteiger partial charge in [-0.3, -0.25) is 0 Å². The molecule has 0 bridgehead atoms. The highest BCUT2D eigenvalue weighted by atomic mass is 127. The summed E-state index contributed by atoms with van der Waals surface area (Å²) >= 11 is 0. The van der Waals surface area contributed by atoms with Crippen LogP contribution in [0.15, 0.2) is 35.3 Å². The molecule has 0 saturated carbocycles. The molecule has 1 aliphatic rings. The van der Waals surface area contributed by atoms with Crippen molar-refractivity contribution in [2.45, 2.75) is 52.3 Å². The number of hydrogen-bond acceptors (Lipinski definition) is 4. The van der Waals surface area contributed by atoms with Gasteiger partial charge in [0.15, 0.2) is 5.96 Å². The van der Waals surface area contributed by atoms with E-state index in [4.69, 9.17) is 9.73 Å². The van der Waals surface area contributed by atoms with E-state index in [0.717, 1.165) is 49.3 Å². The summed E-state index contributed by atoms with van der Waals surface area (Å²) in [6, 6.07) is 9.97. The van der Waals surface area contributed by atoms with Gasteiger partial charge in [-0.05, 0) is 45.7 Å². The van der Waals surface area contributed by atoms with E-state index in [2.05, 4.69) is 27.6 Å². The number of fused-ring (bicyclic) bond motifs is 1. The van der Waals surface area contributed by atoms with Crippen LogP contribution in [0.3, 0.4) is 0 Å². The van der Waals surface area contributed by atoms with Crippen LogP contribution in [0.25, 0.3) is 0 Å². The number of aromatic nitrogens is 3. The Kier molecular flexibility index (Phi) is 8.33. The normalized spacial score (nSPS) is 17.4. The number of ether oxygens (including phenoxy) is 1. The topological polar surface area (TPSA) is 76.4 Å². The molecule has 0 radical (unpaired) electrons. The molecule has 2 unspecified atom stereocenters. The molecule has 2 aromatic rings. The van der Waals surface area contributed by atoms with Crippen molar-refractivity contribution in [3.8, 4) is 5.75 Å². The minimum Gasteiger partial charge on any atom is -0.489 e. The van der Waals surface area contributed by atoms with E-state index < -0.39 is 0 Å². The largest absolute Gasteiger partial charge is 0.489 e. The van der Waals surface area contributed by atoms with Crippen molar-refractivity contribution in [2.75, 3.05) is 13.1 Å². The zero-order valence-corrected chi connectivity index (χ0v) is 18.5. The van der Waals surface area contributed by atoms with E-state index in [1.807, 2.05) is 48.9 Å². The van der Waals surface area contributed by atoms with E-state index >= 15 is 0 Å². The maximum Gasteiger partial charge on any atom is 0.191 e. The Hall–Kier alpha value is -1.84. The summed E-state index contributed by atoms with van der Waals surface area (Å²) in [5.41, 5.74) is 0. The van der Waals surface area contributed by atoms with E-state index in [1.54, 1.807) is 0 Å². The fourth-order valence-electron chi connectivity index (χ4n) is 3.08. The van der Waals surface area contributed by atoms with Crippen molar-refractivity contribution in [1.29, 1.82) is 0 Å². The standard InChI is InChI=1S/C19H28N6O.HI/c1-4-20-19(21-13-14(2)26-16-9-6-5-7-10-16)23-17-11-8-12-25-18(17)22-15(3)24-25;/h5-7,9-10,14,17H,4,8,11-13H2,1-3H3,(H2,20,21,23);1H. The van der Waals surface area contributed by atoms with Crippen LogP contribution in [0.1, 0.15) is 44.4 Å². The van der Waals surface area contributed by atoms with Crippen molar-refractivity contribution in [3.63, 3.8) is 0 Å². The molecule has 0 amide bonds. The van der Waals surface area contributed by atoms with Gasteiger partial charge in [0.1, 0.15) is 23.5 Å². The molecule has 0 fully saturated rings. The van der Waals surface area contributed by atoms with Crippen LogP contribution in [-0.4, -0.2) is 39.9 Å². The first-order chi connectivity index (χ1) is 12.7. The second-order valence-corrected chi connectivity index (χ2v) is 6.54. The molecule has 1 aromatic heterocycles. The van der Waals surface area contributed by atoms with Gasteiger partial charge in [0.2, 0.25) is 0 Å². The van der Waals surface area contributed by atoms with E-state index in [9.17, 15) is 0 Å². The van der Waals surface area contributed by atoms with Crippen molar-refractivity contribution >= 4 is 29.9 Å². The number of aliphatic imine (C=N–C) groups is 1. The number of rotatable bonds is 6. The first-order valence-electron chi connectivity index (χ1n) is 9.33. The molecule has 3 rings (SSSR count). The average Bonchev–Trinajstić information content (AvgIpc) is 3.02. The van der Waals surface area contributed by atoms with Gasteiger partial charge in [-0.25, -0.2) is 14.7 Å². The summed E-state index contributed by atoms with van der Waals surface area (Å²) in [4.78, 5) is 9.27. The lowest BCUT2D eigenvalue weighted by Gasteiger charge is -2.25. The Bertz CT molecular complexity index is 733. The second kappa shape index (κ2) is 10.5. The Labute approximate surface area is 178 Å². The molecule has 27 heavy (non-hydrogen) atoms. The monoisotopic (exact) mass is 484 g/mol. The summed E-state index contributed by atoms with van der Waals surface area (Å²) in [6.45, 7) is 8.34.